The molecule has 1 atom stereocenters. The molecule has 16 heavy (non-hydrogen) atoms. The Morgan fingerprint density at radius 1 is 0.750 bits per heavy atom. The van der Waals surface area contributed by atoms with Gasteiger partial charge >= 0.3 is 0 Å². The van der Waals surface area contributed by atoms with Crippen LogP contribution in [0.2, 0.25) is 0 Å². The maximum absolute atomic E-state index is 4.21. The minimum atomic E-state index is -0.150. The number of nitrogens with zero attached hydrogens (tertiary/aromatic N) is 2. The Morgan fingerprint density at radius 3 is 2.12 bits per heavy atom. The van der Waals surface area contributed by atoms with Gasteiger partial charge in [-0.2, -0.15) is 0 Å². The zero-order valence-corrected chi connectivity index (χ0v) is 9.67. The predicted octanol–water partition coefficient (Wildman–Crippen LogP) is 3.31. The molecule has 0 saturated carbocycles. The van der Waals surface area contributed by atoms with Gasteiger partial charge in [0.05, 0.1) is 0 Å². The van der Waals surface area contributed by atoms with Crippen LogP contribution in [0.4, 0.5) is 0 Å². The summed E-state index contributed by atoms with van der Waals surface area (Å²) in [5.41, 5.74) is -0.229. The van der Waals surface area contributed by atoms with Crippen molar-refractivity contribution in [1.82, 2.24) is 0 Å². The zero-order chi connectivity index (χ0) is 11.5. The molecule has 0 N–H and O–H groups in total. The van der Waals surface area contributed by atoms with Crippen LogP contribution in [0, 0.1) is 10.8 Å². The van der Waals surface area contributed by atoms with Gasteiger partial charge in [0.1, 0.15) is 6.34 Å². The van der Waals surface area contributed by atoms with Crippen molar-refractivity contribution >= 4 is 12.6 Å². The molecule has 0 aromatic rings. The first-order valence-electron chi connectivity index (χ1n) is 5.44. The molecule has 2 rings (SSSR count). The summed E-state index contributed by atoms with van der Waals surface area (Å²) >= 11 is 0. The van der Waals surface area contributed by atoms with Crippen molar-refractivity contribution in [3.63, 3.8) is 0 Å². The van der Waals surface area contributed by atoms with Crippen molar-refractivity contribution in [3.05, 3.63) is 48.7 Å². The molecule has 0 saturated heterocycles. The lowest BCUT2D eigenvalue weighted by Crippen LogP contribution is -2.34. The third-order valence-electron chi connectivity index (χ3n) is 3.36. The maximum Gasteiger partial charge on any atom is 0.114 e. The lowest BCUT2D eigenvalue weighted by molar-refractivity contribution is 0.352. The summed E-state index contributed by atoms with van der Waals surface area (Å²) in [7, 11) is 0. The minimum Gasteiger partial charge on any atom is -0.248 e. The molecule has 2 heteroatoms. The molecule has 0 radical (unpaired) electrons. The van der Waals surface area contributed by atoms with Crippen molar-refractivity contribution in [1.29, 1.82) is 0 Å². The van der Waals surface area contributed by atoms with E-state index in [9.17, 15) is 0 Å². The lowest BCUT2D eigenvalue weighted by atomic mass is 9.66. The van der Waals surface area contributed by atoms with Gasteiger partial charge in [-0.3, -0.25) is 0 Å². The summed E-state index contributed by atoms with van der Waals surface area (Å²) < 4.78 is 0. The van der Waals surface area contributed by atoms with Crippen molar-refractivity contribution in [2.45, 2.75) is 13.8 Å². The van der Waals surface area contributed by atoms with Crippen molar-refractivity contribution < 1.29 is 0 Å². The zero-order valence-electron chi connectivity index (χ0n) is 9.67. The van der Waals surface area contributed by atoms with E-state index in [0.29, 0.717) is 0 Å². The molecule has 0 bridgehead atoms. The monoisotopic (exact) mass is 212 g/mol. The van der Waals surface area contributed by atoms with Gasteiger partial charge < -0.3 is 0 Å². The first kappa shape index (κ1) is 10.8. The molecule has 1 aliphatic carbocycles. The van der Waals surface area contributed by atoms with Gasteiger partial charge in [0.15, 0.2) is 0 Å². The molecule has 2 aliphatic rings. The molecule has 0 amide bonds. The van der Waals surface area contributed by atoms with Gasteiger partial charge in [-0.25, -0.2) is 9.98 Å². The largest absolute Gasteiger partial charge is 0.248 e. The minimum absolute atomic E-state index is 0.0792. The highest BCUT2D eigenvalue weighted by molar-refractivity contribution is 5.80. The van der Waals surface area contributed by atoms with E-state index in [1.54, 1.807) is 6.34 Å². The first-order valence-corrected chi connectivity index (χ1v) is 5.44. The average Bonchev–Trinajstić information content (AvgIpc) is 2.61. The van der Waals surface area contributed by atoms with E-state index < -0.39 is 0 Å². The second-order valence-electron chi connectivity index (χ2n) is 4.53. The lowest BCUT2D eigenvalue weighted by Gasteiger charge is -2.37. The van der Waals surface area contributed by atoms with Crippen LogP contribution in [0.1, 0.15) is 13.8 Å². The number of hydrogen-bond donors (Lipinski definition) is 0. The summed E-state index contributed by atoms with van der Waals surface area (Å²) in [6.45, 7) is 4.37. The highest BCUT2D eigenvalue weighted by Crippen LogP contribution is 2.42. The Labute approximate surface area is 96.5 Å². The van der Waals surface area contributed by atoms with Crippen LogP contribution < -0.4 is 0 Å². The molecule has 1 unspecified atom stereocenters. The van der Waals surface area contributed by atoms with Crippen molar-refractivity contribution in [3.8, 4) is 0 Å². The van der Waals surface area contributed by atoms with Gasteiger partial charge in [-0.1, -0.05) is 49.5 Å². The second kappa shape index (κ2) is 4.05. The quantitative estimate of drug-likeness (QED) is 0.637. The van der Waals surface area contributed by atoms with Gasteiger partial charge in [0.25, 0.3) is 0 Å². The Bertz CT molecular complexity index is 360. The number of hydrogen-bond acceptors (Lipinski definition) is 2. The first-order chi connectivity index (χ1) is 7.66. The second-order valence-corrected chi connectivity index (χ2v) is 4.53. The van der Waals surface area contributed by atoms with E-state index in [1.807, 2.05) is 24.6 Å². The summed E-state index contributed by atoms with van der Waals surface area (Å²) in [5.74, 6) is 0. The molecule has 2 nitrogen and oxygen atoms in total. The van der Waals surface area contributed by atoms with Crippen LogP contribution in [0.3, 0.4) is 0 Å². The summed E-state index contributed by atoms with van der Waals surface area (Å²) in [6.07, 6.45) is 20.1. The smallest absolute Gasteiger partial charge is 0.114 e. The van der Waals surface area contributed by atoms with Crippen LogP contribution in [-0.4, -0.2) is 12.6 Å². The van der Waals surface area contributed by atoms with Gasteiger partial charge in [-0.05, 0) is 6.92 Å². The molecular weight excluding hydrogens is 196 g/mol. The molecule has 82 valence electrons. The average molecular weight is 212 g/mol. The topological polar surface area (TPSA) is 24.7 Å². The predicted molar refractivity (Wildman–Crippen MR) is 69.8 cm³/mol. The van der Waals surface area contributed by atoms with Crippen LogP contribution >= 0.6 is 0 Å². The van der Waals surface area contributed by atoms with E-state index in [4.69, 9.17) is 0 Å². The molecule has 0 aromatic heterocycles. The van der Waals surface area contributed by atoms with E-state index in [1.165, 1.54) is 0 Å². The Kier molecular flexibility index (Phi) is 2.73. The molecule has 0 aromatic carbocycles. The van der Waals surface area contributed by atoms with Gasteiger partial charge in [-0.15, -0.1) is 0 Å². The highest BCUT2D eigenvalue weighted by atomic mass is 14.9. The fraction of sp³-hybridized carbons (Fsp3) is 0.286. The molecular formula is C14H16N2. The van der Waals surface area contributed by atoms with Crippen LogP contribution in [0.5, 0.6) is 0 Å². The van der Waals surface area contributed by atoms with Crippen LogP contribution in [0.25, 0.3) is 0 Å². The SMILES string of the molecule is CC1(C2(C)C=CN=CN=C2)C=CC=CC=C1. The fourth-order valence-corrected chi connectivity index (χ4v) is 1.88. The Balaban J connectivity index is 2.43. The fourth-order valence-electron chi connectivity index (χ4n) is 1.88. The molecule has 0 fully saturated rings. The molecule has 1 heterocycles. The van der Waals surface area contributed by atoms with Crippen LogP contribution in [-0.2, 0) is 0 Å². The van der Waals surface area contributed by atoms with E-state index in [-0.39, 0.29) is 10.8 Å². The number of rotatable bonds is 1. The third-order valence-corrected chi connectivity index (χ3v) is 3.36. The molecule has 1 aliphatic heterocycles. The van der Waals surface area contributed by atoms with E-state index in [0.717, 1.165) is 0 Å². The standard InChI is InChI=1S/C14H16N2/c1-13(7-5-3-4-6-8-13)14(2)9-10-15-12-16-11-14/h3-12H,1-2H3. The Morgan fingerprint density at radius 2 is 1.44 bits per heavy atom. The summed E-state index contributed by atoms with van der Waals surface area (Å²) in [5, 5.41) is 0. The van der Waals surface area contributed by atoms with Gasteiger partial charge in [0, 0.05) is 23.2 Å². The number of allylic oxidation sites excluding steroid dienone is 7. The summed E-state index contributed by atoms with van der Waals surface area (Å²) in [6, 6.07) is 0. The normalized spacial score (nSPS) is 30.4. The van der Waals surface area contributed by atoms with Gasteiger partial charge in [0.2, 0.25) is 0 Å². The Hall–Kier alpha value is -1.70. The highest BCUT2D eigenvalue weighted by Gasteiger charge is 2.38. The van der Waals surface area contributed by atoms with Crippen molar-refractivity contribution in [2.24, 2.45) is 20.8 Å². The van der Waals surface area contributed by atoms with Crippen LogP contribution in [0.15, 0.2) is 58.7 Å². The number of aliphatic imine (C=N–C) groups is 2. The van der Waals surface area contributed by atoms with Crippen molar-refractivity contribution in [2.75, 3.05) is 0 Å². The van der Waals surface area contributed by atoms with E-state index >= 15 is 0 Å². The third kappa shape index (κ3) is 1.83. The van der Waals surface area contributed by atoms with E-state index in [2.05, 4.69) is 54.2 Å². The maximum atomic E-state index is 4.21. The summed E-state index contributed by atoms with van der Waals surface area (Å²) in [4.78, 5) is 8.26. The molecule has 0 spiro atoms.